The summed E-state index contributed by atoms with van der Waals surface area (Å²) in [7, 11) is -3.63. The third-order valence-corrected chi connectivity index (χ3v) is 5.03. The number of nitrogens with zero attached hydrogens (tertiary/aromatic N) is 1. The number of aliphatic hydroxyl groups excluding tert-OH is 1. The van der Waals surface area contributed by atoms with Gasteiger partial charge >= 0.3 is 0 Å². The third kappa shape index (κ3) is 3.91. The lowest BCUT2D eigenvalue weighted by Gasteiger charge is -2.10. The summed E-state index contributed by atoms with van der Waals surface area (Å²) < 4.78 is 25.4. The summed E-state index contributed by atoms with van der Waals surface area (Å²) in [6, 6.07) is 10.2. The van der Waals surface area contributed by atoms with Gasteiger partial charge in [0.05, 0.1) is 4.90 Å². The summed E-state index contributed by atoms with van der Waals surface area (Å²) in [5.41, 5.74) is 1.63. The van der Waals surface area contributed by atoms with E-state index in [1.54, 1.807) is 36.4 Å². The lowest BCUT2D eigenvalue weighted by atomic mass is 10.2. The van der Waals surface area contributed by atoms with E-state index >= 15 is 0 Å². The van der Waals surface area contributed by atoms with E-state index in [0.717, 1.165) is 5.56 Å². The molecular formula is C16H20N2O3S. The molecule has 0 aliphatic rings. The quantitative estimate of drug-likeness (QED) is 0.759. The molecule has 0 aliphatic heterocycles. The fraction of sp³-hybridized carbons (Fsp3) is 0.312. The maximum Gasteiger partial charge on any atom is 0.224 e. The minimum atomic E-state index is -3.63. The van der Waals surface area contributed by atoms with Crippen LogP contribution < -0.4 is 5.32 Å². The molecule has 2 rings (SSSR count). The molecule has 5 nitrogen and oxygen atoms in total. The van der Waals surface area contributed by atoms with Crippen molar-refractivity contribution in [3.05, 3.63) is 53.7 Å². The first-order chi connectivity index (χ1) is 10.6. The van der Waals surface area contributed by atoms with Crippen LogP contribution in [-0.4, -0.2) is 31.7 Å². The number of sulfone groups is 1. The van der Waals surface area contributed by atoms with E-state index in [2.05, 4.69) is 10.3 Å². The first kappa shape index (κ1) is 16.6. The second-order valence-electron chi connectivity index (χ2n) is 5.04. The molecule has 0 aliphatic carbocycles. The summed E-state index contributed by atoms with van der Waals surface area (Å²) in [5.74, 6) is 0. The van der Waals surface area contributed by atoms with E-state index in [-0.39, 0.29) is 16.5 Å². The van der Waals surface area contributed by atoms with E-state index < -0.39 is 9.84 Å². The molecule has 1 heterocycles. The van der Waals surface area contributed by atoms with Crippen LogP contribution in [0.5, 0.6) is 0 Å². The third-order valence-electron chi connectivity index (χ3n) is 3.26. The van der Waals surface area contributed by atoms with Gasteiger partial charge < -0.3 is 10.4 Å². The Hall–Kier alpha value is -1.76. The zero-order valence-electron chi connectivity index (χ0n) is 12.5. The Bertz CT molecular complexity index is 712. The van der Waals surface area contributed by atoms with Gasteiger partial charge in [0.15, 0.2) is 5.03 Å². The van der Waals surface area contributed by atoms with Crippen LogP contribution in [0.3, 0.4) is 0 Å². The van der Waals surface area contributed by atoms with Crippen LogP contribution in [0, 0.1) is 6.92 Å². The molecule has 1 aromatic heterocycles. The van der Waals surface area contributed by atoms with Gasteiger partial charge in [-0.05, 0) is 38.1 Å². The smallest absolute Gasteiger partial charge is 0.224 e. The maximum absolute atomic E-state index is 12.7. The van der Waals surface area contributed by atoms with Gasteiger partial charge in [-0.2, -0.15) is 0 Å². The fourth-order valence-electron chi connectivity index (χ4n) is 2.06. The molecule has 0 saturated carbocycles. The summed E-state index contributed by atoms with van der Waals surface area (Å²) in [5, 5.41) is 12.0. The van der Waals surface area contributed by atoms with Crippen LogP contribution in [0.4, 0.5) is 0 Å². The standard InChI is InChI=1S/C16H20N2O3S/c1-13-5-7-15(8-6-13)22(20,21)16-14(4-2-10-18-16)12-17-9-3-11-19/h2,4-8,10,17,19H,3,9,11-12H2,1H3. The molecular weight excluding hydrogens is 300 g/mol. The highest BCUT2D eigenvalue weighted by molar-refractivity contribution is 7.91. The van der Waals surface area contributed by atoms with Crippen molar-refractivity contribution in [3.8, 4) is 0 Å². The summed E-state index contributed by atoms with van der Waals surface area (Å²) in [6.07, 6.45) is 2.11. The molecule has 0 bridgehead atoms. The Kier molecular flexibility index (Phi) is 5.65. The number of aliphatic hydroxyl groups is 1. The monoisotopic (exact) mass is 320 g/mol. The van der Waals surface area contributed by atoms with E-state index in [1.807, 2.05) is 6.92 Å². The Morgan fingerprint density at radius 2 is 1.91 bits per heavy atom. The maximum atomic E-state index is 12.7. The molecule has 0 fully saturated rings. The molecule has 6 heteroatoms. The highest BCUT2D eigenvalue weighted by Crippen LogP contribution is 2.22. The van der Waals surface area contributed by atoms with Gasteiger partial charge in [0.25, 0.3) is 0 Å². The molecule has 118 valence electrons. The SMILES string of the molecule is Cc1ccc(S(=O)(=O)c2ncccc2CNCCCO)cc1. The number of pyridine rings is 1. The molecule has 0 unspecified atom stereocenters. The van der Waals surface area contributed by atoms with Gasteiger partial charge in [-0.3, -0.25) is 0 Å². The van der Waals surface area contributed by atoms with Crippen LogP contribution in [0.15, 0.2) is 52.5 Å². The summed E-state index contributed by atoms with van der Waals surface area (Å²) in [6.45, 7) is 3.03. The molecule has 0 spiro atoms. The number of benzene rings is 1. The number of nitrogens with one attached hydrogen (secondary N) is 1. The molecule has 0 amide bonds. The van der Waals surface area contributed by atoms with Crippen molar-refractivity contribution in [2.24, 2.45) is 0 Å². The predicted octanol–water partition coefficient (Wildman–Crippen LogP) is 1.69. The van der Waals surface area contributed by atoms with E-state index in [4.69, 9.17) is 5.11 Å². The van der Waals surface area contributed by atoms with Crippen molar-refractivity contribution >= 4 is 9.84 Å². The highest BCUT2D eigenvalue weighted by atomic mass is 32.2. The topological polar surface area (TPSA) is 79.3 Å². The molecule has 0 radical (unpaired) electrons. The number of aromatic nitrogens is 1. The zero-order valence-corrected chi connectivity index (χ0v) is 13.3. The fourth-order valence-corrected chi connectivity index (χ4v) is 3.46. The van der Waals surface area contributed by atoms with Gasteiger partial charge in [-0.25, -0.2) is 13.4 Å². The van der Waals surface area contributed by atoms with Crippen molar-refractivity contribution in [2.45, 2.75) is 29.8 Å². The normalized spacial score (nSPS) is 11.5. The zero-order chi connectivity index (χ0) is 16.0. The average Bonchev–Trinajstić information content (AvgIpc) is 2.52. The van der Waals surface area contributed by atoms with Gasteiger partial charge in [0, 0.05) is 24.9 Å². The van der Waals surface area contributed by atoms with Crippen LogP contribution in [0.1, 0.15) is 17.5 Å². The van der Waals surface area contributed by atoms with Crippen molar-refractivity contribution in [3.63, 3.8) is 0 Å². The number of rotatable bonds is 7. The lowest BCUT2D eigenvalue weighted by Crippen LogP contribution is -2.18. The van der Waals surface area contributed by atoms with E-state index in [0.29, 0.717) is 25.1 Å². The van der Waals surface area contributed by atoms with Crippen molar-refractivity contribution < 1.29 is 13.5 Å². The first-order valence-electron chi connectivity index (χ1n) is 7.13. The number of aryl methyl sites for hydroxylation is 1. The van der Waals surface area contributed by atoms with Crippen LogP contribution in [0.25, 0.3) is 0 Å². The highest BCUT2D eigenvalue weighted by Gasteiger charge is 2.22. The van der Waals surface area contributed by atoms with Crippen LogP contribution >= 0.6 is 0 Å². The summed E-state index contributed by atoms with van der Waals surface area (Å²) in [4.78, 5) is 4.31. The number of hydrogen-bond acceptors (Lipinski definition) is 5. The van der Waals surface area contributed by atoms with Crippen molar-refractivity contribution in [1.82, 2.24) is 10.3 Å². The van der Waals surface area contributed by atoms with Crippen molar-refractivity contribution in [1.29, 1.82) is 0 Å². The molecule has 0 atom stereocenters. The van der Waals surface area contributed by atoms with Gasteiger partial charge in [0.1, 0.15) is 0 Å². The van der Waals surface area contributed by atoms with Gasteiger partial charge in [-0.1, -0.05) is 23.8 Å². The van der Waals surface area contributed by atoms with E-state index in [1.165, 1.54) is 6.20 Å². The Labute approximate surface area is 131 Å². The summed E-state index contributed by atoms with van der Waals surface area (Å²) >= 11 is 0. The average molecular weight is 320 g/mol. The Balaban J connectivity index is 2.29. The molecule has 0 saturated heterocycles. The second-order valence-corrected chi connectivity index (χ2v) is 6.90. The van der Waals surface area contributed by atoms with Gasteiger partial charge in [0.2, 0.25) is 9.84 Å². The minimum absolute atomic E-state index is 0.0790. The molecule has 2 aromatic rings. The molecule has 22 heavy (non-hydrogen) atoms. The molecule has 1 aromatic carbocycles. The van der Waals surface area contributed by atoms with Crippen LogP contribution in [0.2, 0.25) is 0 Å². The first-order valence-corrected chi connectivity index (χ1v) is 8.61. The van der Waals surface area contributed by atoms with Crippen LogP contribution in [-0.2, 0) is 16.4 Å². The molecule has 2 N–H and O–H groups in total. The predicted molar refractivity (Wildman–Crippen MR) is 84.3 cm³/mol. The lowest BCUT2D eigenvalue weighted by molar-refractivity contribution is 0.286. The Morgan fingerprint density at radius 3 is 2.59 bits per heavy atom. The largest absolute Gasteiger partial charge is 0.396 e. The van der Waals surface area contributed by atoms with Crippen molar-refractivity contribution in [2.75, 3.05) is 13.2 Å². The second kappa shape index (κ2) is 7.49. The number of hydrogen-bond donors (Lipinski definition) is 2. The van der Waals surface area contributed by atoms with E-state index in [9.17, 15) is 8.42 Å². The minimum Gasteiger partial charge on any atom is -0.396 e. The Morgan fingerprint density at radius 1 is 1.18 bits per heavy atom. The van der Waals surface area contributed by atoms with Gasteiger partial charge in [-0.15, -0.1) is 0 Å².